The summed E-state index contributed by atoms with van der Waals surface area (Å²) in [5.74, 6) is 0. The van der Waals surface area contributed by atoms with E-state index in [0.717, 1.165) is 63.7 Å². The van der Waals surface area contributed by atoms with Gasteiger partial charge < -0.3 is 9.80 Å². The standard InChI is InChI=1S/C39H50N6/c1-28-22-34(23-29(2)32(28)5)38-10-8-36(26-40-38)44-18-14-42(15-19-44)12-7-13-43-16-20-45(21-17-43)37-9-11-39(41-27-37)35-24-30(3)33(6)31(4)25-35/h8-11,22-27H,7,12-21H2,1-6H3. The highest BCUT2D eigenvalue weighted by atomic mass is 15.3. The molecule has 2 saturated heterocycles. The van der Waals surface area contributed by atoms with Gasteiger partial charge in [0, 0.05) is 63.5 Å². The molecule has 236 valence electrons. The minimum absolute atomic E-state index is 1.06. The molecule has 0 unspecified atom stereocenters. The molecular weight excluding hydrogens is 552 g/mol. The molecule has 0 aliphatic carbocycles. The van der Waals surface area contributed by atoms with Crippen LogP contribution in [0.4, 0.5) is 11.4 Å². The van der Waals surface area contributed by atoms with E-state index in [-0.39, 0.29) is 0 Å². The van der Waals surface area contributed by atoms with Gasteiger partial charge in [-0.1, -0.05) is 0 Å². The van der Waals surface area contributed by atoms with Crippen molar-refractivity contribution in [3.8, 4) is 22.5 Å². The van der Waals surface area contributed by atoms with Crippen LogP contribution in [-0.4, -0.2) is 85.2 Å². The van der Waals surface area contributed by atoms with Gasteiger partial charge >= 0.3 is 0 Å². The first-order valence-electron chi connectivity index (χ1n) is 16.8. The summed E-state index contributed by atoms with van der Waals surface area (Å²) in [5, 5.41) is 0. The fourth-order valence-corrected chi connectivity index (χ4v) is 6.83. The minimum Gasteiger partial charge on any atom is -0.368 e. The highest BCUT2D eigenvalue weighted by Gasteiger charge is 2.20. The summed E-state index contributed by atoms with van der Waals surface area (Å²) in [4.78, 5) is 19.9. The van der Waals surface area contributed by atoms with E-state index >= 15 is 0 Å². The summed E-state index contributed by atoms with van der Waals surface area (Å²) < 4.78 is 0. The number of piperazine rings is 2. The van der Waals surface area contributed by atoms with E-state index in [0.29, 0.717) is 0 Å². The van der Waals surface area contributed by atoms with Gasteiger partial charge in [-0.05, 0) is 143 Å². The molecular formula is C39H50N6. The van der Waals surface area contributed by atoms with Crippen molar-refractivity contribution < 1.29 is 0 Å². The maximum absolute atomic E-state index is 4.84. The van der Waals surface area contributed by atoms with Crippen LogP contribution in [0.3, 0.4) is 0 Å². The van der Waals surface area contributed by atoms with Gasteiger partial charge in [0.2, 0.25) is 0 Å². The average molecular weight is 603 g/mol. The molecule has 0 amide bonds. The first kappa shape index (κ1) is 31.3. The number of pyridine rings is 2. The molecule has 0 bridgehead atoms. The summed E-state index contributed by atoms with van der Waals surface area (Å²) in [6, 6.07) is 17.9. The van der Waals surface area contributed by atoms with Crippen molar-refractivity contribution >= 4 is 11.4 Å². The lowest BCUT2D eigenvalue weighted by molar-refractivity contribution is 0.213. The molecule has 2 aliphatic rings. The molecule has 6 rings (SSSR count). The highest BCUT2D eigenvalue weighted by molar-refractivity contribution is 5.65. The summed E-state index contributed by atoms with van der Waals surface area (Å²) in [5.41, 5.74) is 15.1. The fraction of sp³-hybridized carbons (Fsp3) is 0.436. The Bertz CT molecular complexity index is 1430. The maximum atomic E-state index is 4.84. The zero-order chi connectivity index (χ0) is 31.5. The van der Waals surface area contributed by atoms with Crippen molar-refractivity contribution in [1.82, 2.24) is 19.8 Å². The number of nitrogens with zero attached hydrogens (tertiary/aromatic N) is 6. The second-order valence-corrected chi connectivity index (χ2v) is 13.3. The average Bonchev–Trinajstić information content (AvgIpc) is 3.06. The van der Waals surface area contributed by atoms with Gasteiger partial charge in [-0.2, -0.15) is 0 Å². The lowest BCUT2D eigenvalue weighted by Crippen LogP contribution is -2.48. The third-order valence-corrected chi connectivity index (χ3v) is 10.4. The molecule has 0 spiro atoms. The molecule has 0 radical (unpaired) electrons. The second-order valence-electron chi connectivity index (χ2n) is 13.3. The lowest BCUT2D eigenvalue weighted by atomic mass is 9.99. The second kappa shape index (κ2) is 13.7. The van der Waals surface area contributed by atoms with Crippen molar-refractivity contribution in [1.29, 1.82) is 0 Å². The fourth-order valence-electron chi connectivity index (χ4n) is 6.83. The van der Waals surface area contributed by atoms with Crippen LogP contribution in [0.1, 0.15) is 39.8 Å². The van der Waals surface area contributed by atoms with Crippen molar-refractivity contribution in [3.63, 3.8) is 0 Å². The number of rotatable bonds is 8. The normalized spacial score (nSPS) is 16.4. The monoisotopic (exact) mass is 602 g/mol. The van der Waals surface area contributed by atoms with E-state index in [1.807, 2.05) is 0 Å². The molecule has 4 heterocycles. The Morgan fingerprint density at radius 3 is 1.16 bits per heavy atom. The number of aromatic nitrogens is 2. The largest absolute Gasteiger partial charge is 0.368 e. The van der Waals surface area contributed by atoms with Crippen molar-refractivity contribution in [2.75, 3.05) is 75.2 Å². The first-order valence-corrected chi connectivity index (χ1v) is 16.8. The summed E-state index contributed by atoms with van der Waals surface area (Å²) in [7, 11) is 0. The topological polar surface area (TPSA) is 38.7 Å². The zero-order valence-corrected chi connectivity index (χ0v) is 28.2. The van der Waals surface area contributed by atoms with Gasteiger partial charge in [0.25, 0.3) is 0 Å². The molecule has 0 saturated carbocycles. The lowest BCUT2D eigenvalue weighted by Gasteiger charge is -2.38. The molecule has 4 aromatic rings. The zero-order valence-electron chi connectivity index (χ0n) is 28.2. The first-order chi connectivity index (χ1) is 21.7. The van der Waals surface area contributed by atoms with Gasteiger partial charge in [0.15, 0.2) is 0 Å². The molecule has 2 fully saturated rings. The van der Waals surface area contributed by atoms with E-state index in [9.17, 15) is 0 Å². The Morgan fingerprint density at radius 1 is 0.489 bits per heavy atom. The number of hydrogen-bond acceptors (Lipinski definition) is 6. The van der Waals surface area contributed by atoms with Crippen LogP contribution >= 0.6 is 0 Å². The molecule has 6 heteroatoms. The van der Waals surface area contributed by atoms with Crippen LogP contribution in [-0.2, 0) is 0 Å². The molecule has 45 heavy (non-hydrogen) atoms. The van der Waals surface area contributed by atoms with E-state index in [1.165, 1.54) is 75.4 Å². The number of aryl methyl sites for hydroxylation is 4. The Kier molecular flexibility index (Phi) is 9.53. The predicted molar refractivity (Wildman–Crippen MR) is 190 cm³/mol. The molecule has 0 atom stereocenters. The van der Waals surface area contributed by atoms with Crippen LogP contribution in [0, 0.1) is 41.5 Å². The van der Waals surface area contributed by atoms with Crippen molar-refractivity contribution in [2.24, 2.45) is 0 Å². The van der Waals surface area contributed by atoms with E-state index in [2.05, 4.69) is 122 Å². The molecule has 2 aromatic carbocycles. The van der Waals surface area contributed by atoms with Crippen molar-refractivity contribution in [3.05, 3.63) is 94.3 Å². The maximum Gasteiger partial charge on any atom is 0.0703 e. The van der Waals surface area contributed by atoms with Gasteiger partial charge in [0.1, 0.15) is 0 Å². The van der Waals surface area contributed by atoms with Gasteiger partial charge in [-0.25, -0.2) is 0 Å². The van der Waals surface area contributed by atoms with Crippen LogP contribution in [0.2, 0.25) is 0 Å². The number of hydrogen-bond donors (Lipinski definition) is 0. The van der Waals surface area contributed by atoms with Crippen LogP contribution < -0.4 is 9.80 Å². The third-order valence-electron chi connectivity index (χ3n) is 10.4. The number of anilines is 2. The van der Waals surface area contributed by atoms with Crippen molar-refractivity contribution in [2.45, 2.75) is 48.0 Å². The SMILES string of the molecule is Cc1cc(-c2ccc(N3CCN(CCCN4CCN(c5ccc(-c6cc(C)c(C)c(C)c6)nc5)CC4)CC3)cn2)cc(C)c1C. The van der Waals surface area contributed by atoms with Gasteiger partial charge in [0.05, 0.1) is 35.2 Å². The van der Waals surface area contributed by atoms with Gasteiger partial charge in [-0.3, -0.25) is 19.8 Å². The smallest absolute Gasteiger partial charge is 0.0703 e. The Balaban J connectivity index is 0.912. The highest BCUT2D eigenvalue weighted by Crippen LogP contribution is 2.27. The van der Waals surface area contributed by atoms with E-state index in [1.54, 1.807) is 0 Å². The Labute approximate surface area is 270 Å². The number of benzene rings is 2. The Morgan fingerprint density at radius 2 is 0.844 bits per heavy atom. The molecule has 0 N–H and O–H groups in total. The summed E-state index contributed by atoms with van der Waals surface area (Å²) in [6.45, 7) is 24.3. The van der Waals surface area contributed by atoms with Crippen LogP contribution in [0.15, 0.2) is 60.9 Å². The van der Waals surface area contributed by atoms with E-state index < -0.39 is 0 Å². The molecule has 2 aliphatic heterocycles. The minimum atomic E-state index is 1.06. The Hall–Kier alpha value is -3.74. The third kappa shape index (κ3) is 7.23. The van der Waals surface area contributed by atoms with Crippen LogP contribution in [0.25, 0.3) is 22.5 Å². The predicted octanol–water partition coefficient (Wildman–Crippen LogP) is 7.00. The summed E-state index contributed by atoms with van der Waals surface area (Å²) in [6.07, 6.45) is 5.36. The van der Waals surface area contributed by atoms with E-state index in [4.69, 9.17) is 9.97 Å². The molecule has 2 aromatic heterocycles. The van der Waals surface area contributed by atoms with Crippen LogP contribution in [0.5, 0.6) is 0 Å². The quantitative estimate of drug-likeness (QED) is 0.216. The van der Waals surface area contributed by atoms with Gasteiger partial charge in [-0.15, -0.1) is 0 Å². The molecule has 6 nitrogen and oxygen atoms in total. The summed E-state index contributed by atoms with van der Waals surface area (Å²) >= 11 is 0.